The van der Waals surface area contributed by atoms with Crippen molar-refractivity contribution in [3.8, 4) is 0 Å². The Morgan fingerprint density at radius 1 is 1.36 bits per heavy atom. The van der Waals surface area contributed by atoms with E-state index in [1.54, 1.807) is 11.3 Å². The van der Waals surface area contributed by atoms with Crippen molar-refractivity contribution in [1.82, 2.24) is 0 Å². The van der Waals surface area contributed by atoms with Crippen molar-refractivity contribution in [3.05, 3.63) is 21.3 Å². The topological polar surface area (TPSA) is 26.0 Å². The number of hydrogen-bond donors (Lipinski definition) is 1. The molecule has 0 aliphatic carbocycles. The van der Waals surface area contributed by atoms with E-state index in [1.807, 2.05) is 6.07 Å². The third-order valence-electron chi connectivity index (χ3n) is 3.11. The molecular formula is C11H18ClNS. The third kappa shape index (κ3) is 2.72. The van der Waals surface area contributed by atoms with E-state index in [0.29, 0.717) is 0 Å². The molecule has 0 fully saturated rings. The Labute approximate surface area is 95.3 Å². The molecule has 2 N–H and O–H groups in total. The molecule has 0 aromatic carbocycles. The van der Waals surface area contributed by atoms with Crippen LogP contribution in [0.15, 0.2) is 12.1 Å². The molecule has 1 nitrogen and oxygen atoms in total. The van der Waals surface area contributed by atoms with Gasteiger partial charge in [0.05, 0.1) is 4.34 Å². The van der Waals surface area contributed by atoms with Crippen LogP contribution in [0.5, 0.6) is 0 Å². The first-order chi connectivity index (χ1) is 6.65. The van der Waals surface area contributed by atoms with Crippen LogP contribution in [0.1, 0.15) is 31.6 Å². The summed E-state index contributed by atoms with van der Waals surface area (Å²) in [5.74, 6) is 0. The largest absolute Gasteiger partial charge is 0.330 e. The minimum absolute atomic E-state index is 0.272. The zero-order valence-corrected chi connectivity index (χ0v) is 10.4. The molecular weight excluding hydrogens is 214 g/mol. The van der Waals surface area contributed by atoms with E-state index in [0.717, 1.165) is 30.1 Å². The minimum atomic E-state index is 0.272. The molecule has 0 radical (unpaired) electrons. The standard InChI is InChI=1S/C11H18ClNS/c1-3-11(4-2,8-13)7-9-5-6-10(12)14-9/h5-6H,3-4,7-8,13H2,1-2H3. The van der Waals surface area contributed by atoms with Crippen molar-refractivity contribution in [2.24, 2.45) is 11.1 Å². The van der Waals surface area contributed by atoms with Gasteiger partial charge in [0.25, 0.3) is 0 Å². The van der Waals surface area contributed by atoms with E-state index in [4.69, 9.17) is 17.3 Å². The van der Waals surface area contributed by atoms with Gasteiger partial charge in [0.2, 0.25) is 0 Å². The molecule has 1 aromatic heterocycles. The highest BCUT2D eigenvalue weighted by Gasteiger charge is 2.25. The molecule has 3 heteroatoms. The molecule has 14 heavy (non-hydrogen) atoms. The van der Waals surface area contributed by atoms with Crippen LogP contribution in [0.4, 0.5) is 0 Å². The Kier molecular flexibility index (Phi) is 4.42. The van der Waals surface area contributed by atoms with Crippen LogP contribution < -0.4 is 5.73 Å². The fraction of sp³-hybridized carbons (Fsp3) is 0.636. The van der Waals surface area contributed by atoms with Crippen molar-refractivity contribution in [3.63, 3.8) is 0 Å². The van der Waals surface area contributed by atoms with Gasteiger partial charge >= 0.3 is 0 Å². The van der Waals surface area contributed by atoms with Crippen LogP contribution in [0.25, 0.3) is 0 Å². The average Bonchev–Trinajstić information content (AvgIpc) is 2.61. The fourth-order valence-corrected chi connectivity index (χ4v) is 2.94. The maximum Gasteiger partial charge on any atom is 0.0931 e. The van der Waals surface area contributed by atoms with Gasteiger partial charge in [-0.05, 0) is 43.4 Å². The quantitative estimate of drug-likeness (QED) is 0.822. The Balaban J connectivity index is 2.73. The van der Waals surface area contributed by atoms with Crippen molar-refractivity contribution >= 4 is 22.9 Å². The van der Waals surface area contributed by atoms with Gasteiger partial charge in [0, 0.05) is 4.88 Å². The van der Waals surface area contributed by atoms with Crippen LogP contribution in [0.3, 0.4) is 0 Å². The molecule has 1 aromatic rings. The molecule has 0 saturated heterocycles. The normalized spacial score (nSPS) is 12.0. The first-order valence-electron chi connectivity index (χ1n) is 5.10. The van der Waals surface area contributed by atoms with Crippen LogP contribution >= 0.6 is 22.9 Å². The van der Waals surface area contributed by atoms with E-state index in [-0.39, 0.29) is 5.41 Å². The van der Waals surface area contributed by atoms with Crippen molar-refractivity contribution in [2.45, 2.75) is 33.1 Å². The third-order valence-corrected chi connectivity index (χ3v) is 4.34. The zero-order valence-electron chi connectivity index (χ0n) is 8.85. The summed E-state index contributed by atoms with van der Waals surface area (Å²) >= 11 is 7.58. The maximum absolute atomic E-state index is 5.91. The fourth-order valence-electron chi connectivity index (χ4n) is 1.68. The summed E-state index contributed by atoms with van der Waals surface area (Å²) in [6.07, 6.45) is 3.33. The van der Waals surface area contributed by atoms with Gasteiger partial charge in [-0.2, -0.15) is 0 Å². The molecule has 0 unspecified atom stereocenters. The highest BCUT2D eigenvalue weighted by Crippen LogP contribution is 2.33. The second kappa shape index (κ2) is 5.15. The lowest BCUT2D eigenvalue weighted by atomic mass is 9.79. The molecule has 80 valence electrons. The smallest absolute Gasteiger partial charge is 0.0931 e. The monoisotopic (exact) mass is 231 g/mol. The van der Waals surface area contributed by atoms with Crippen LogP contribution in [-0.2, 0) is 6.42 Å². The van der Waals surface area contributed by atoms with E-state index < -0.39 is 0 Å². The lowest BCUT2D eigenvalue weighted by Gasteiger charge is -2.29. The Morgan fingerprint density at radius 3 is 2.36 bits per heavy atom. The number of hydrogen-bond acceptors (Lipinski definition) is 2. The van der Waals surface area contributed by atoms with Gasteiger partial charge in [0.15, 0.2) is 0 Å². The first-order valence-corrected chi connectivity index (χ1v) is 6.29. The molecule has 0 atom stereocenters. The minimum Gasteiger partial charge on any atom is -0.330 e. The molecule has 1 heterocycles. The van der Waals surface area contributed by atoms with Gasteiger partial charge < -0.3 is 5.73 Å². The van der Waals surface area contributed by atoms with Gasteiger partial charge in [-0.15, -0.1) is 11.3 Å². The van der Waals surface area contributed by atoms with Crippen LogP contribution in [0.2, 0.25) is 4.34 Å². The van der Waals surface area contributed by atoms with Crippen molar-refractivity contribution in [2.75, 3.05) is 6.54 Å². The van der Waals surface area contributed by atoms with Gasteiger partial charge in [0.1, 0.15) is 0 Å². The second-order valence-corrected chi connectivity index (χ2v) is 5.59. The number of rotatable bonds is 5. The van der Waals surface area contributed by atoms with Crippen molar-refractivity contribution in [1.29, 1.82) is 0 Å². The van der Waals surface area contributed by atoms with E-state index in [1.165, 1.54) is 4.88 Å². The summed E-state index contributed by atoms with van der Waals surface area (Å²) in [4.78, 5) is 1.35. The lowest BCUT2D eigenvalue weighted by molar-refractivity contribution is 0.273. The average molecular weight is 232 g/mol. The number of thiophene rings is 1. The number of halogens is 1. The molecule has 0 aliphatic rings. The highest BCUT2D eigenvalue weighted by atomic mass is 35.5. The number of nitrogens with two attached hydrogens (primary N) is 1. The van der Waals surface area contributed by atoms with Crippen LogP contribution in [0, 0.1) is 5.41 Å². The summed E-state index contributed by atoms with van der Waals surface area (Å²) in [7, 11) is 0. The molecule has 0 amide bonds. The summed E-state index contributed by atoms with van der Waals surface area (Å²) in [6, 6.07) is 4.08. The molecule has 0 spiro atoms. The van der Waals surface area contributed by atoms with Gasteiger partial charge in [-0.3, -0.25) is 0 Å². The Morgan fingerprint density at radius 2 is 2.00 bits per heavy atom. The van der Waals surface area contributed by atoms with E-state index >= 15 is 0 Å². The summed E-state index contributed by atoms with van der Waals surface area (Å²) < 4.78 is 0.873. The highest BCUT2D eigenvalue weighted by molar-refractivity contribution is 7.16. The Bertz CT molecular complexity index is 270. The molecule has 0 saturated carbocycles. The summed E-state index contributed by atoms with van der Waals surface area (Å²) in [6.45, 7) is 5.19. The molecule has 0 bridgehead atoms. The van der Waals surface area contributed by atoms with Crippen molar-refractivity contribution < 1.29 is 0 Å². The first kappa shape index (κ1) is 12.0. The predicted molar refractivity (Wildman–Crippen MR) is 65.1 cm³/mol. The van der Waals surface area contributed by atoms with Gasteiger partial charge in [-0.1, -0.05) is 25.4 Å². The molecule has 1 rings (SSSR count). The van der Waals surface area contributed by atoms with E-state index in [2.05, 4.69) is 19.9 Å². The van der Waals surface area contributed by atoms with E-state index in [9.17, 15) is 0 Å². The SMILES string of the molecule is CCC(CC)(CN)Cc1ccc(Cl)s1. The second-order valence-electron chi connectivity index (χ2n) is 3.79. The maximum atomic E-state index is 5.91. The predicted octanol–water partition coefficient (Wildman–Crippen LogP) is 3.71. The van der Waals surface area contributed by atoms with Gasteiger partial charge in [-0.25, -0.2) is 0 Å². The lowest BCUT2D eigenvalue weighted by Crippen LogP contribution is -2.31. The summed E-state index contributed by atoms with van der Waals surface area (Å²) in [5, 5.41) is 0. The Hall–Kier alpha value is -0.0500. The molecule has 0 aliphatic heterocycles. The summed E-state index contributed by atoms with van der Waals surface area (Å²) in [5.41, 5.74) is 6.13. The zero-order chi connectivity index (χ0) is 10.6. The van der Waals surface area contributed by atoms with Crippen LogP contribution in [-0.4, -0.2) is 6.54 Å².